The molecule has 1 saturated heterocycles. The van der Waals surface area contributed by atoms with Gasteiger partial charge in [-0.2, -0.15) is 4.98 Å². The summed E-state index contributed by atoms with van der Waals surface area (Å²) in [5.74, 6) is 1.64. The van der Waals surface area contributed by atoms with E-state index in [1.807, 2.05) is 32.0 Å². The van der Waals surface area contributed by atoms with Gasteiger partial charge in [-0.05, 0) is 5.56 Å². The number of aromatic nitrogens is 2. The third-order valence-electron chi connectivity index (χ3n) is 4.06. The smallest absolute Gasteiger partial charge is 0.240 e. The van der Waals surface area contributed by atoms with E-state index >= 15 is 0 Å². The molecule has 23 heavy (non-hydrogen) atoms. The third-order valence-corrected chi connectivity index (χ3v) is 4.06. The van der Waals surface area contributed by atoms with Crippen molar-refractivity contribution in [2.24, 2.45) is 0 Å². The molecule has 2 heterocycles. The molecule has 0 spiro atoms. The Balaban J connectivity index is 1.82. The highest BCUT2D eigenvalue weighted by Crippen LogP contribution is 2.27. The highest BCUT2D eigenvalue weighted by molar-refractivity contribution is 5.77. The summed E-state index contributed by atoms with van der Waals surface area (Å²) < 4.78 is 5.37. The topological polar surface area (TPSA) is 71.3 Å². The largest absolute Gasteiger partial charge is 0.355 e. The van der Waals surface area contributed by atoms with Crippen molar-refractivity contribution < 1.29 is 9.32 Å². The van der Waals surface area contributed by atoms with Gasteiger partial charge < -0.3 is 9.84 Å². The van der Waals surface area contributed by atoms with Crippen LogP contribution in [0.15, 0.2) is 34.9 Å². The molecule has 1 unspecified atom stereocenters. The van der Waals surface area contributed by atoms with E-state index in [4.69, 9.17) is 4.52 Å². The maximum Gasteiger partial charge on any atom is 0.240 e. The van der Waals surface area contributed by atoms with E-state index in [1.54, 1.807) is 0 Å². The van der Waals surface area contributed by atoms with E-state index < -0.39 is 0 Å². The monoisotopic (exact) mass is 314 g/mol. The molecule has 0 saturated carbocycles. The fraction of sp³-hybridized carbons (Fsp3) is 0.471. The second-order valence-electron chi connectivity index (χ2n) is 6.15. The number of carbonyl (C=O) groups is 1. The Morgan fingerprint density at radius 2 is 2.13 bits per heavy atom. The molecule has 0 aliphatic carbocycles. The van der Waals surface area contributed by atoms with Gasteiger partial charge in [-0.25, -0.2) is 0 Å². The first-order valence-corrected chi connectivity index (χ1v) is 8.01. The number of hydrogen-bond acceptors (Lipinski definition) is 5. The standard InChI is InChI=1S/C17H22N4O2/c1-12(2)17-19-16(23-20-17)11-21-9-8-18-15(22)10-14(21)13-6-4-3-5-7-13/h3-7,12,14H,8-11H2,1-2H3,(H,18,22). The Hall–Kier alpha value is -2.21. The predicted molar refractivity (Wildman–Crippen MR) is 85.6 cm³/mol. The van der Waals surface area contributed by atoms with Crippen molar-refractivity contribution >= 4 is 5.91 Å². The second kappa shape index (κ2) is 6.91. The first-order valence-electron chi connectivity index (χ1n) is 8.01. The molecule has 1 aromatic heterocycles. The van der Waals surface area contributed by atoms with E-state index in [0.29, 0.717) is 25.4 Å². The Morgan fingerprint density at radius 3 is 2.83 bits per heavy atom. The Bertz CT molecular complexity index is 654. The highest BCUT2D eigenvalue weighted by Gasteiger charge is 2.27. The molecular formula is C17H22N4O2. The molecule has 0 bridgehead atoms. The summed E-state index contributed by atoms with van der Waals surface area (Å²) in [7, 11) is 0. The summed E-state index contributed by atoms with van der Waals surface area (Å²) in [4.78, 5) is 18.7. The van der Waals surface area contributed by atoms with Crippen LogP contribution in [-0.2, 0) is 11.3 Å². The average Bonchev–Trinajstić information content (AvgIpc) is 2.93. The van der Waals surface area contributed by atoms with Gasteiger partial charge in [0.1, 0.15) is 0 Å². The fourth-order valence-electron chi connectivity index (χ4n) is 2.81. The van der Waals surface area contributed by atoms with Crippen LogP contribution in [0.3, 0.4) is 0 Å². The summed E-state index contributed by atoms with van der Waals surface area (Å²) in [6.07, 6.45) is 0.440. The van der Waals surface area contributed by atoms with E-state index in [-0.39, 0.29) is 17.9 Å². The van der Waals surface area contributed by atoms with Crippen molar-refractivity contribution in [1.29, 1.82) is 0 Å². The zero-order chi connectivity index (χ0) is 16.2. The van der Waals surface area contributed by atoms with Crippen molar-refractivity contribution in [3.8, 4) is 0 Å². The van der Waals surface area contributed by atoms with Crippen molar-refractivity contribution in [3.63, 3.8) is 0 Å². The summed E-state index contributed by atoms with van der Waals surface area (Å²) in [5, 5.41) is 6.96. The van der Waals surface area contributed by atoms with Crippen LogP contribution in [0.1, 0.15) is 49.5 Å². The van der Waals surface area contributed by atoms with Gasteiger partial charge in [0.2, 0.25) is 11.8 Å². The zero-order valence-corrected chi connectivity index (χ0v) is 13.5. The molecule has 2 aromatic rings. The summed E-state index contributed by atoms with van der Waals surface area (Å²) in [5.41, 5.74) is 1.13. The Labute approximate surface area is 135 Å². The van der Waals surface area contributed by atoms with Gasteiger partial charge >= 0.3 is 0 Å². The van der Waals surface area contributed by atoms with Gasteiger partial charge in [0.05, 0.1) is 6.54 Å². The lowest BCUT2D eigenvalue weighted by Crippen LogP contribution is -2.30. The van der Waals surface area contributed by atoms with Crippen LogP contribution in [0.5, 0.6) is 0 Å². The van der Waals surface area contributed by atoms with Crippen molar-refractivity contribution in [3.05, 3.63) is 47.6 Å². The zero-order valence-electron chi connectivity index (χ0n) is 13.5. The molecule has 1 atom stereocenters. The minimum absolute atomic E-state index is 0.0214. The quantitative estimate of drug-likeness (QED) is 0.937. The molecule has 3 rings (SSSR count). The number of hydrogen-bond donors (Lipinski definition) is 1. The Kier molecular flexibility index (Phi) is 4.71. The lowest BCUT2D eigenvalue weighted by Gasteiger charge is -2.27. The van der Waals surface area contributed by atoms with Gasteiger partial charge in [-0.3, -0.25) is 9.69 Å². The summed E-state index contributed by atoms with van der Waals surface area (Å²) >= 11 is 0. The van der Waals surface area contributed by atoms with Gasteiger partial charge in [0.25, 0.3) is 0 Å². The third kappa shape index (κ3) is 3.76. The van der Waals surface area contributed by atoms with Crippen LogP contribution in [0.25, 0.3) is 0 Å². The molecule has 1 aromatic carbocycles. The summed E-state index contributed by atoms with van der Waals surface area (Å²) in [6.45, 7) is 6.01. The first-order chi connectivity index (χ1) is 11.1. The van der Waals surface area contributed by atoms with Crippen LogP contribution >= 0.6 is 0 Å². The van der Waals surface area contributed by atoms with E-state index in [1.165, 1.54) is 0 Å². The number of nitrogens with zero attached hydrogens (tertiary/aromatic N) is 3. The summed E-state index contributed by atoms with van der Waals surface area (Å²) in [6, 6.07) is 10.1. The average molecular weight is 314 g/mol. The van der Waals surface area contributed by atoms with Crippen LogP contribution in [0.2, 0.25) is 0 Å². The lowest BCUT2D eigenvalue weighted by molar-refractivity contribution is -0.121. The SMILES string of the molecule is CC(C)c1noc(CN2CCNC(=O)CC2c2ccccc2)n1. The number of rotatable bonds is 4. The highest BCUT2D eigenvalue weighted by atomic mass is 16.5. The van der Waals surface area contributed by atoms with Crippen molar-refractivity contribution in [2.45, 2.75) is 38.8 Å². The molecule has 1 N–H and O–H groups in total. The van der Waals surface area contributed by atoms with Crippen LogP contribution in [0.4, 0.5) is 0 Å². The Morgan fingerprint density at radius 1 is 1.35 bits per heavy atom. The number of nitrogens with one attached hydrogen (secondary N) is 1. The van der Waals surface area contributed by atoms with Gasteiger partial charge in [0.15, 0.2) is 5.82 Å². The minimum Gasteiger partial charge on any atom is -0.355 e. The molecule has 1 aliphatic rings. The van der Waals surface area contributed by atoms with Gasteiger partial charge in [-0.1, -0.05) is 49.3 Å². The molecule has 1 fully saturated rings. The van der Waals surface area contributed by atoms with Crippen molar-refractivity contribution in [1.82, 2.24) is 20.4 Å². The fourth-order valence-corrected chi connectivity index (χ4v) is 2.81. The molecule has 6 nitrogen and oxygen atoms in total. The second-order valence-corrected chi connectivity index (χ2v) is 6.15. The van der Waals surface area contributed by atoms with Gasteiger partial charge in [0, 0.05) is 31.5 Å². The van der Waals surface area contributed by atoms with Crippen LogP contribution in [0, 0.1) is 0 Å². The minimum atomic E-state index is 0.0214. The van der Waals surface area contributed by atoms with Crippen molar-refractivity contribution in [2.75, 3.05) is 13.1 Å². The van der Waals surface area contributed by atoms with Crippen LogP contribution < -0.4 is 5.32 Å². The van der Waals surface area contributed by atoms with E-state index in [9.17, 15) is 4.79 Å². The maximum absolute atomic E-state index is 12.0. The maximum atomic E-state index is 12.0. The molecule has 1 aliphatic heterocycles. The number of amides is 1. The molecular weight excluding hydrogens is 292 g/mol. The van der Waals surface area contributed by atoms with E-state index in [2.05, 4.69) is 32.5 Å². The molecule has 6 heteroatoms. The molecule has 122 valence electrons. The van der Waals surface area contributed by atoms with Crippen LogP contribution in [-0.4, -0.2) is 34.0 Å². The molecule has 0 radical (unpaired) electrons. The normalized spacial score (nSPS) is 19.6. The molecule has 1 amide bonds. The van der Waals surface area contributed by atoms with E-state index in [0.717, 1.165) is 17.9 Å². The number of benzene rings is 1. The number of carbonyl (C=O) groups excluding carboxylic acids is 1. The lowest BCUT2D eigenvalue weighted by atomic mass is 10.0. The first kappa shape index (κ1) is 15.7. The predicted octanol–water partition coefficient (Wildman–Crippen LogP) is 2.26. The van der Waals surface area contributed by atoms with Gasteiger partial charge in [-0.15, -0.1) is 0 Å².